The van der Waals surface area contributed by atoms with E-state index in [1.54, 1.807) is 6.07 Å². The standard InChI is InChI=1S/C15H20ClNO2/c1-3-17(10-13-5-4-8-19-13)12-6-7-14(11(2)18)15(16)9-12/h6-7,9,13H,3-5,8,10H2,1-2H3. The maximum absolute atomic E-state index is 11.4. The van der Waals surface area contributed by atoms with E-state index in [0.29, 0.717) is 16.7 Å². The summed E-state index contributed by atoms with van der Waals surface area (Å²) >= 11 is 6.16. The highest BCUT2D eigenvalue weighted by molar-refractivity contribution is 6.34. The fraction of sp³-hybridized carbons (Fsp3) is 0.533. The molecule has 1 atom stereocenters. The van der Waals surface area contributed by atoms with Crippen molar-refractivity contribution in [2.45, 2.75) is 32.8 Å². The molecular weight excluding hydrogens is 262 g/mol. The fourth-order valence-corrected chi connectivity index (χ4v) is 2.75. The Hall–Kier alpha value is -1.06. The molecule has 0 N–H and O–H groups in total. The largest absolute Gasteiger partial charge is 0.376 e. The zero-order valence-electron chi connectivity index (χ0n) is 11.5. The number of likely N-dealkylation sites (N-methyl/N-ethyl adjacent to an activating group) is 1. The third-order valence-electron chi connectivity index (χ3n) is 3.53. The fourth-order valence-electron chi connectivity index (χ4n) is 2.44. The summed E-state index contributed by atoms with van der Waals surface area (Å²) in [7, 11) is 0. The number of ketones is 1. The van der Waals surface area contributed by atoms with Gasteiger partial charge >= 0.3 is 0 Å². The van der Waals surface area contributed by atoms with Crippen LogP contribution in [0.3, 0.4) is 0 Å². The van der Waals surface area contributed by atoms with E-state index in [0.717, 1.165) is 38.2 Å². The molecule has 19 heavy (non-hydrogen) atoms. The van der Waals surface area contributed by atoms with E-state index < -0.39 is 0 Å². The van der Waals surface area contributed by atoms with E-state index in [1.807, 2.05) is 12.1 Å². The number of hydrogen-bond acceptors (Lipinski definition) is 3. The average molecular weight is 282 g/mol. The van der Waals surface area contributed by atoms with E-state index in [9.17, 15) is 4.79 Å². The van der Waals surface area contributed by atoms with Crippen molar-refractivity contribution in [3.05, 3.63) is 28.8 Å². The van der Waals surface area contributed by atoms with Gasteiger partial charge in [0, 0.05) is 30.9 Å². The number of halogens is 1. The number of ether oxygens (including phenoxy) is 1. The minimum absolute atomic E-state index is 0.00118. The molecule has 0 radical (unpaired) electrons. The molecule has 0 aliphatic carbocycles. The second kappa shape index (κ2) is 6.40. The van der Waals surface area contributed by atoms with Gasteiger partial charge in [0.1, 0.15) is 0 Å². The van der Waals surface area contributed by atoms with Crippen LogP contribution < -0.4 is 4.90 Å². The minimum Gasteiger partial charge on any atom is -0.376 e. The predicted molar refractivity (Wildman–Crippen MR) is 78.3 cm³/mol. The summed E-state index contributed by atoms with van der Waals surface area (Å²) in [6.45, 7) is 6.29. The number of carbonyl (C=O) groups excluding carboxylic acids is 1. The molecule has 1 aromatic carbocycles. The van der Waals surface area contributed by atoms with Crippen molar-refractivity contribution in [3.63, 3.8) is 0 Å². The Morgan fingerprint density at radius 2 is 2.32 bits per heavy atom. The number of carbonyl (C=O) groups is 1. The number of hydrogen-bond donors (Lipinski definition) is 0. The quantitative estimate of drug-likeness (QED) is 0.773. The van der Waals surface area contributed by atoms with Gasteiger partial charge in [0.15, 0.2) is 5.78 Å². The summed E-state index contributed by atoms with van der Waals surface area (Å²) in [4.78, 5) is 13.6. The molecule has 1 saturated heterocycles. The summed E-state index contributed by atoms with van der Waals surface area (Å²) in [6.07, 6.45) is 2.58. The van der Waals surface area contributed by atoms with Crippen LogP contribution in [0.2, 0.25) is 5.02 Å². The van der Waals surface area contributed by atoms with Gasteiger partial charge in [-0.15, -0.1) is 0 Å². The highest BCUT2D eigenvalue weighted by atomic mass is 35.5. The molecular formula is C15H20ClNO2. The van der Waals surface area contributed by atoms with Crippen LogP contribution in [0.25, 0.3) is 0 Å². The Kier molecular flexibility index (Phi) is 4.83. The minimum atomic E-state index is -0.00118. The summed E-state index contributed by atoms with van der Waals surface area (Å²) in [5, 5.41) is 0.524. The molecule has 1 aromatic rings. The smallest absolute Gasteiger partial charge is 0.161 e. The molecule has 4 heteroatoms. The van der Waals surface area contributed by atoms with E-state index in [4.69, 9.17) is 16.3 Å². The van der Waals surface area contributed by atoms with Gasteiger partial charge in [-0.2, -0.15) is 0 Å². The van der Waals surface area contributed by atoms with Crippen molar-refractivity contribution in [2.24, 2.45) is 0 Å². The van der Waals surface area contributed by atoms with Crippen LogP contribution in [0.1, 0.15) is 37.0 Å². The van der Waals surface area contributed by atoms with E-state index in [-0.39, 0.29) is 5.78 Å². The molecule has 0 aromatic heterocycles. The number of benzene rings is 1. The van der Waals surface area contributed by atoms with Crippen LogP contribution in [0, 0.1) is 0 Å². The average Bonchev–Trinajstić information content (AvgIpc) is 2.88. The van der Waals surface area contributed by atoms with Crippen molar-refractivity contribution in [3.8, 4) is 0 Å². The summed E-state index contributed by atoms with van der Waals surface area (Å²) in [5.41, 5.74) is 1.63. The molecule has 104 valence electrons. The Balaban J connectivity index is 2.13. The summed E-state index contributed by atoms with van der Waals surface area (Å²) in [5.74, 6) is -0.00118. The molecule has 0 bridgehead atoms. The first kappa shape index (κ1) is 14.4. The van der Waals surface area contributed by atoms with Crippen LogP contribution in [0.5, 0.6) is 0 Å². The molecule has 1 aliphatic rings. The molecule has 2 rings (SSSR count). The highest BCUT2D eigenvalue weighted by Gasteiger charge is 2.19. The SMILES string of the molecule is CCN(CC1CCCO1)c1ccc(C(C)=O)c(Cl)c1. The Morgan fingerprint density at radius 1 is 1.53 bits per heavy atom. The number of rotatable bonds is 5. The van der Waals surface area contributed by atoms with Gasteiger partial charge in [-0.3, -0.25) is 4.79 Å². The zero-order valence-corrected chi connectivity index (χ0v) is 12.2. The lowest BCUT2D eigenvalue weighted by Gasteiger charge is -2.26. The third kappa shape index (κ3) is 3.48. The summed E-state index contributed by atoms with van der Waals surface area (Å²) < 4.78 is 5.67. The first-order chi connectivity index (χ1) is 9.11. The van der Waals surface area contributed by atoms with E-state index in [1.165, 1.54) is 6.92 Å². The van der Waals surface area contributed by atoms with Crippen LogP contribution in [-0.4, -0.2) is 31.6 Å². The van der Waals surface area contributed by atoms with Gasteiger partial charge in [0.05, 0.1) is 11.1 Å². The van der Waals surface area contributed by atoms with E-state index >= 15 is 0 Å². The van der Waals surface area contributed by atoms with Gasteiger partial charge in [-0.05, 0) is 44.9 Å². The number of anilines is 1. The Bertz CT molecular complexity index is 455. The van der Waals surface area contributed by atoms with Crippen molar-refractivity contribution in [1.29, 1.82) is 0 Å². The lowest BCUT2D eigenvalue weighted by atomic mass is 10.1. The highest BCUT2D eigenvalue weighted by Crippen LogP contribution is 2.25. The number of Topliss-reactive ketones (excluding diaryl/α,β-unsaturated/α-hetero) is 1. The van der Waals surface area contributed by atoms with Gasteiger partial charge < -0.3 is 9.64 Å². The third-order valence-corrected chi connectivity index (χ3v) is 3.84. The van der Waals surface area contributed by atoms with Crippen molar-refractivity contribution in [2.75, 3.05) is 24.6 Å². The number of nitrogens with zero attached hydrogens (tertiary/aromatic N) is 1. The molecule has 1 heterocycles. The predicted octanol–water partition coefficient (Wildman–Crippen LogP) is 3.55. The molecule has 0 saturated carbocycles. The maximum Gasteiger partial charge on any atom is 0.161 e. The summed E-state index contributed by atoms with van der Waals surface area (Å²) in [6, 6.07) is 5.63. The van der Waals surface area contributed by atoms with Gasteiger partial charge in [-0.25, -0.2) is 0 Å². The lowest BCUT2D eigenvalue weighted by Crippen LogP contribution is -2.32. The molecule has 1 unspecified atom stereocenters. The molecule has 1 aliphatic heterocycles. The second-order valence-corrected chi connectivity index (χ2v) is 5.30. The molecule has 3 nitrogen and oxygen atoms in total. The van der Waals surface area contributed by atoms with Gasteiger partial charge in [-0.1, -0.05) is 11.6 Å². The lowest BCUT2D eigenvalue weighted by molar-refractivity contribution is 0.101. The van der Waals surface area contributed by atoms with Gasteiger partial charge in [0.25, 0.3) is 0 Å². The van der Waals surface area contributed by atoms with Crippen LogP contribution in [0.15, 0.2) is 18.2 Å². The molecule has 0 amide bonds. The Labute approximate surface area is 119 Å². The van der Waals surface area contributed by atoms with Crippen molar-refractivity contribution >= 4 is 23.1 Å². The van der Waals surface area contributed by atoms with Crippen molar-refractivity contribution in [1.82, 2.24) is 0 Å². The van der Waals surface area contributed by atoms with Crippen LogP contribution >= 0.6 is 11.6 Å². The van der Waals surface area contributed by atoms with Gasteiger partial charge in [0.2, 0.25) is 0 Å². The van der Waals surface area contributed by atoms with Crippen molar-refractivity contribution < 1.29 is 9.53 Å². The second-order valence-electron chi connectivity index (χ2n) is 4.89. The zero-order chi connectivity index (χ0) is 13.8. The van der Waals surface area contributed by atoms with Crippen LogP contribution in [0.4, 0.5) is 5.69 Å². The maximum atomic E-state index is 11.4. The first-order valence-corrected chi connectivity index (χ1v) is 7.16. The molecule has 0 spiro atoms. The normalized spacial score (nSPS) is 18.6. The van der Waals surface area contributed by atoms with E-state index in [2.05, 4.69) is 11.8 Å². The van der Waals surface area contributed by atoms with Crippen LogP contribution in [-0.2, 0) is 4.74 Å². The Morgan fingerprint density at radius 3 is 2.84 bits per heavy atom. The molecule has 1 fully saturated rings. The first-order valence-electron chi connectivity index (χ1n) is 6.79. The topological polar surface area (TPSA) is 29.5 Å². The monoisotopic (exact) mass is 281 g/mol.